The van der Waals surface area contributed by atoms with Gasteiger partial charge in [-0.3, -0.25) is 0 Å². The number of amides is 1. The summed E-state index contributed by atoms with van der Waals surface area (Å²) in [7, 11) is 0. The number of anilines is 1. The van der Waals surface area contributed by atoms with Gasteiger partial charge in [0.25, 0.3) is 0 Å². The van der Waals surface area contributed by atoms with Crippen molar-refractivity contribution in [3.05, 3.63) is 64.1 Å². The highest BCUT2D eigenvalue weighted by molar-refractivity contribution is 9.10. The van der Waals surface area contributed by atoms with Gasteiger partial charge in [0, 0.05) is 22.1 Å². The summed E-state index contributed by atoms with van der Waals surface area (Å²) in [4.78, 5) is 14.9. The van der Waals surface area contributed by atoms with E-state index >= 15 is 0 Å². The predicted octanol–water partition coefficient (Wildman–Crippen LogP) is 5.38. The van der Waals surface area contributed by atoms with Crippen LogP contribution >= 0.6 is 15.9 Å². The van der Waals surface area contributed by atoms with Crippen molar-refractivity contribution in [1.29, 1.82) is 0 Å². The normalized spacial score (nSPS) is 24.1. The van der Waals surface area contributed by atoms with Crippen molar-refractivity contribution in [3.8, 4) is 0 Å². The minimum absolute atomic E-state index is 0.143. The van der Waals surface area contributed by atoms with E-state index in [2.05, 4.69) is 33.1 Å². The number of rotatable bonds is 6. The molecule has 0 bridgehead atoms. The molecular formula is C24H29BrN2O3. The Bertz CT molecular complexity index is 887. The SMILES string of the molecule is CCC(O)N1c2ccc(Br)cc2[C@H](NC(=O)OCc2ccccc2)C(C)C1C1CC1. The number of ether oxygens (including phenoxy) is 1. The van der Waals surface area contributed by atoms with Gasteiger partial charge in [0.1, 0.15) is 12.8 Å². The summed E-state index contributed by atoms with van der Waals surface area (Å²) in [6, 6.07) is 15.8. The van der Waals surface area contributed by atoms with Crippen LogP contribution in [0.1, 0.15) is 50.3 Å². The van der Waals surface area contributed by atoms with Crippen molar-refractivity contribution in [2.45, 2.75) is 58.0 Å². The van der Waals surface area contributed by atoms with Gasteiger partial charge in [-0.25, -0.2) is 4.79 Å². The smallest absolute Gasteiger partial charge is 0.407 e. The summed E-state index contributed by atoms with van der Waals surface area (Å²) in [5.41, 5.74) is 2.97. The zero-order valence-electron chi connectivity index (χ0n) is 17.4. The molecule has 6 heteroatoms. The second-order valence-electron chi connectivity index (χ2n) is 8.37. The number of nitrogens with one attached hydrogen (secondary N) is 1. The average molecular weight is 473 g/mol. The van der Waals surface area contributed by atoms with Crippen LogP contribution in [0.15, 0.2) is 53.0 Å². The van der Waals surface area contributed by atoms with Crippen molar-refractivity contribution >= 4 is 27.7 Å². The van der Waals surface area contributed by atoms with Crippen LogP contribution in [-0.2, 0) is 11.3 Å². The second kappa shape index (κ2) is 8.98. The van der Waals surface area contributed by atoms with E-state index in [0.717, 1.165) is 21.3 Å². The topological polar surface area (TPSA) is 61.8 Å². The molecule has 1 saturated carbocycles. The molecular weight excluding hydrogens is 444 g/mol. The molecule has 2 aromatic carbocycles. The van der Waals surface area contributed by atoms with Crippen LogP contribution in [0, 0.1) is 11.8 Å². The highest BCUT2D eigenvalue weighted by atomic mass is 79.9. The highest BCUT2D eigenvalue weighted by Crippen LogP contribution is 2.50. The minimum atomic E-state index is -0.538. The van der Waals surface area contributed by atoms with Crippen molar-refractivity contribution < 1.29 is 14.6 Å². The Balaban J connectivity index is 1.60. The van der Waals surface area contributed by atoms with Crippen LogP contribution in [0.3, 0.4) is 0 Å². The predicted molar refractivity (Wildman–Crippen MR) is 121 cm³/mol. The number of halogens is 1. The number of aliphatic hydroxyl groups excluding tert-OH is 1. The van der Waals surface area contributed by atoms with Gasteiger partial charge in [0.15, 0.2) is 0 Å². The summed E-state index contributed by atoms with van der Waals surface area (Å²) in [5, 5.41) is 14.0. The molecule has 0 radical (unpaired) electrons. The van der Waals surface area contributed by atoms with Gasteiger partial charge < -0.3 is 20.1 Å². The average Bonchev–Trinajstić information content (AvgIpc) is 3.59. The molecule has 0 aromatic heterocycles. The van der Waals surface area contributed by atoms with Crippen LogP contribution in [0.25, 0.3) is 0 Å². The number of carbonyl (C=O) groups excluding carboxylic acids is 1. The van der Waals surface area contributed by atoms with Gasteiger partial charge in [-0.05, 0) is 54.5 Å². The summed E-state index contributed by atoms with van der Waals surface area (Å²) in [6.07, 6.45) is 2.03. The molecule has 5 nitrogen and oxygen atoms in total. The molecule has 1 heterocycles. The molecule has 160 valence electrons. The molecule has 4 atom stereocenters. The number of carbonyl (C=O) groups is 1. The summed E-state index contributed by atoms with van der Waals surface area (Å²) in [6.45, 7) is 4.42. The van der Waals surface area contributed by atoms with E-state index in [1.165, 1.54) is 12.8 Å². The first kappa shape index (κ1) is 21.2. The van der Waals surface area contributed by atoms with Gasteiger partial charge in [-0.2, -0.15) is 0 Å². The molecule has 4 rings (SSSR count). The van der Waals surface area contributed by atoms with Gasteiger partial charge in [-0.15, -0.1) is 0 Å². The van der Waals surface area contributed by atoms with E-state index in [0.29, 0.717) is 12.3 Å². The molecule has 30 heavy (non-hydrogen) atoms. The number of aliphatic hydroxyl groups is 1. The van der Waals surface area contributed by atoms with E-state index in [-0.39, 0.29) is 24.6 Å². The molecule has 2 N–H and O–H groups in total. The summed E-state index contributed by atoms with van der Waals surface area (Å²) < 4.78 is 6.46. The van der Waals surface area contributed by atoms with Crippen molar-refractivity contribution in [2.24, 2.45) is 11.8 Å². The zero-order chi connectivity index (χ0) is 21.3. The van der Waals surface area contributed by atoms with E-state index in [1.807, 2.05) is 55.5 Å². The fourth-order valence-electron chi connectivity index (χ4n) is 4.66. The lowest BCUT2D eigenvalue weighted by atomic mass is 9.80. The maximum atomic E-state index is 12.7. The lowest BCUT2D eigenvalue weighted by molar-refractivity contribution is 0.113. The van der Waals surface area contributed by atoms with E-state index in [1.54, 1.807) is 0 Å². The van der Waals surface area contributed by atoms with Crippen LogP contribution in [0.4, 0.5) is 10.5 Å². The summed E-state index contributed by atoms with van der Waals surface area (Å²) >= 11 is 3.57. The lowest BCUT2D eigenvalue weighted by Crippen LogP contribution is -2.55. The van der Waals surface area contributed by atoms with Crippen LogP contribution in [0.5, 0.6) is 0 Å². The number of hydrogen-bond donors (Lipinski definition) is 2. The van der Waals surface area contributed by atoms with E-state index in [4.69, 9.17) is 4.74 Å². The van der Waals surface area contributed by atoms with Gasteiger partial charge in [0.05, 0.1) is 6.04 Å². The molecule has 1 fully saturated rings. The monoisotopic (exact) mass is 472 g/mol. The fraction of sp³-hybridized carbons (Fsp3) is 0.458. The first-order valence-electron chi connectivity index (χ1n) is 10.7. The third-order valence-corrected chi connectivity index (χ3v) is 6.76. The number of fused-ring (bicyclic) bond motifs is 1. The third-order valence-electron chi connectivity index (χ3n) is 6.27. The molecule has 1 aliphatic carbocycles. The Labute approximate surface area is 186 Å². The van der Waals surface area contributed by atoms with Gasteiger partial charge in [0.2, 0.25) is 0 Å². The molecule has 3 unspecified atom stereocenters. The largest absolute Gasteiger partial charge is 0.445 e. The molecule has 0 saturated heterocycles. The Morgan fingerprint density at radius 3 is 2.67 bits per heavy atom. The maximum absolute atomic E-state index is 12.7. The Kier molecular flexibility index (Phi) is 6.34. The minimum Gasteiger partial charge on any atom is -0.445 e. The quantitative estimate of drug-likeness (QED) is 0.592. The van der Waals surface area contributed by atoms with Gasteiger partial charge >= 0.3 is 6.09 Å². The number of hydrogen-bond acceptors (Lipinski definition) is 4. The zero-order valence-corrected chi connectivity index (χ0v) is 19.0. The first-order valence-corrected chi connectivity index (χ1v) is 11.5. The van der Waals surface area contributed by atoms with Crippen molar-refractivity contribution in [1.82, 2.24) is 5.32 Å². The van der Waals surface area contributed by atoms with Crippen molar-refractivity contribution in [3.63, 3.8) is 0 Å². The van der Waals surface area contributed by atoms with Crippen LogP contribution in [-0.4, -0.2) is 23.5 Å². The molecule has 2 aromatic rings. The van der Waals surface area contributed by atoms with Gasteiger partial charge in [-0.1, -0.05) is 60.1 Å². The first-order chi connectivity index (χ1) is 14.5. The number of nitrogens with zero attached hydrogens (tertiary/aromatic N) is 1. The Morgan fingerprint density at radius 1 is 1.27 bits per heavy atom. The fourth-order valence-corrected chi connectivity index (χ4v) is 5.03. The third kappa shape index (κ3) is 4.35. The van der Waals surface area contributed by atoms with Crippen LogP contribution in [0.2, 0.25) is 0 Å². The molecule has 0 spiro atoms. The standard InChI is InChI=1S/C24H29BrN2O3/c1-3-21(28)27-20-12-11-18(25)13-19(20)22(15(2)23(27)17-9-10-17)26-24(29)30-14-16-7-5-4-6-8-16/h4-8,11-13,15,17,21-23,28H,3,9-10,14H2,1-2H3,(H,26,29)/t15?,21?,22-,23?/m1/s1. The highest BCUT2D eigenvalue weighted by Gasteiger charge is 2.48. The number of benzene rings is 2. The molecule has 1 aliphatic heterocycles. The Morgan fingerprint density at radius 2 is 2.00 bits per heavy atom. The second-order valence-corrected chi connectivity index (χ2v) is 9.29. The van der Waals surface area contributed by atoms with Crippen molar-refractivity contribution in [2.75, 3.05) is 4.90 Å². The maximum Gasteiger partial charge on any atom is 0.407 e. The van der Waals surface area contributed by atoms with E-state index in [9.17, 15) is 9.90 Å². The van der Waals surface area contributed by atoms with Crippen LogP contribution < -0.4 is 10.2 Å². The lowest BCUT2D eigenvalue weighted by Gasteiger charge is -2.48. The number of alkyl carbamates (subject to hydrolysis) is 1. The molecule has 2 aliphatic rings. The molecule has 1 amide bonds. The van der Waals surface area contributed by atoms with E-state index < -0.39 is 12.3 Å². The summed E-state index contributed by atoms with van der Waals surface area (Å²) in [5.74, 6) is 0.687. The Hall–Kier alpha value is -2.05.